The number of nitrogens with zero attached hydrogens (tertiary/aromatic N) is 1. The third-order valence-electron chi connectivity index (χ3n) is 4.13. The summed E-state index contributed by atoms with van der Waals surface area (Å²) in [5.74, 6) is 0.273. The van der Waals surface area contributed by atoms with Gasteiger partial charge in [0.1, 0.15) is 6.54 Å². The summed E-state index contributed by atoms with van der Waals surface area (Å²) in [5, 5.41) is 3.42. The van der Waals surface area contributed by atoms with Crippen molar-refractivity contribution in [1.29, 1.82) is 0 Å². The van der Waals surface area contributed by atoms with Gasteiger partial charge in [-0.05, 0) is 25.2 Å². The number of rotatable bonds is 3. The SMILES string of the molecule is COC(=O)CN(C)C(=O)C1CC2CCCCC2N1. The number of fused-ring (bicyclic) bond motifs is 1. The molecule has 0 spiro atoms. The minimum atomic E-state index is -0.374. The monoisotopic (exact) mass is 254 g/mol. The second-order valence-corrected chi connectivity index (χ2v) is 5.38. The van der Waals surface area contributed by atoms with E-state index in [-0.39, 0.29) is 24.5 Å². The van der Waals surface area contributed by atoms with Crippen molar-refractivity contribution in [3.63, 3.8) is 0 Å². The molecule has 1 N–H and O–H groups in total. The smallest absolute Gasteiger partial charge is 0.325 e. The van der Waals surface area contributed by atoms with Crippen molar-refractivity contribution < 1.29 is 14.3 Å². The summed E-state index contributed by atoms with van der Waals surface area (Å²) in [6.45, 7) is 0.0306. The molecule has 2 aliphatic rings. The molecule has 0 aromatic carbocycles. The summed E-state index contributed by atoms with van der Waals surface area (Å²) < 4.78 is 4.58. The lowest BCUT2D eigenvalue weighted by atomic mass is 9.85. The van der Waals surface area contributed by atoms with Crippen LogP contribution in [0.3, 0.4) is 0 Å². The van der Waals surface area contributed by atoms with E-state index < -0.39 is 0 Å². The van der Waals surface area contributed by atoms with Crippen LogP contribution in [-0.4, -0.2) is 49.6 Å². The minimum Gasteiger partial charge on any atom is -0.468 e. The van der Waals surface area contributed by atoms with Gasteiger partial charge in [0.25, 0.3) is 0 Å². The van der Waals surface area contributed by atoms with Gasteiger partial charge in [0.2, 0.25) is 5.91 Å². The Morgan fingerprint density at radius 3 is 2.72 bits per heavy atom. The predicted molar refractivity (Wildman–Crippen MR) is 66.9 cm³/mol. The Kier molecular flexibility index (Phi) is 4.22. The van der Waals surface area contributed by atoms with Crippen LogP contribution in [0.4, 0.5) is 0 Å². The quantitative estimate of drug-likeness (QED) is 0.747. The van der Waals surface area contributed by atoms with Crippen molar-refractivity contribution in [2.75, 3.05) is 20.7 Å². The van der Waals surface area contributed by atoms with E-state index in [9.17, 15) is 9.59 Å². The molecule has 1 amide bonds. The van der Waals surface area contributed by atoms with Crippen molar-refractivity contribution in [1.82, 2.24) is 10.2 Å². The first-order chi connectivity index (χ1) is 8.61. The molecular weight excluding hydrogens is 232 g/mol. The van der Waals surface area contributed by atoms with E-state index in [1.807, 2.05) is 0 Å². The summed E-state index contributed by atoms with van der Waals surface area (Å²) in [5.41, 5.74) is 0. The molecular formula is C13H22N2O3. The van der Waals surface area contributed by atoms with Gasteiger partial charge in [-0.25, -0.2) is 0 Å². The molecule has 18 heavy (non-hydrogen) atoms. The number of nitrogens with one attached hydrogen (secondary N) is 1. The molecule has 0 bridgehead atoms. The average Bonchev–Trinajstić information content (AvgIpc) is 2.81. The van der Waals surface area contributed by atoms with Crippen molar-refractivity contribution in [2.45, 2.75) is 44.2 Å². The van der Waals surface area contributed by atoms with Crippen LogP contribution in [0.1, 0.15) is 32.1 Å². The highest BCUT2D eigenvalue weighted by Gasteiger charge is 2.39. The molecule has 3 unspecified atom stereocenters. The van der Waals surface area contributed by atoms with Gasteiger partial charge in [-0.1, -0.05) is 12.8 Å². The average molecular weight is 254 g/mol. The fourth-order valence-electron chi connectivity index (χ4n) is 3.11. The van der Waals surface area contributed by atoms with Gasteiger partial charge in [-0.15, -0.1) is 0 Å². The first-order valence-electron chi connectivity index (χ1n) is 6.69. The topological polar surface area (TPSA) is 58.6 Å². The Bertz CT molecular complexity index is 318. The summed E-state index contributed by atoms with van der Waals surface area (Å²) in [6.07, 6.45) is 5.85. The first-order valence-corrected chi connectivity index (χ1v) is 6.69. The molecule has 1 aliphatic heterocycles. The van der Waals surface area contributed by atoms with Crippen LogP contribution in [0.2, 0.25) is 0 Å². The third-order valence-corrected chi connectivity index (χ3v) is 4.13. The zero-order valence-corrected chi connectivity index (χ0v) is 11.1. The molecule has 1 heterocycles. The standard InChI is InChI=1S/C13H22N2O3/c1-15(8-12(16)18-2)13(17)11-7-9-5-3-4-6-10(9)14-11/h9-11,14H,3-8H2,1-2H3. The molecule has 0 aromatic heterocycles. The number of carbonyl (C=O) groups excluding carboxylic acids is 2. The van der Waals surface area contributed by atoms with Crippen LogP contribution in [0, 0.1) is 5.92 Å². The first kappa shape index (κ1) is 13.3. The van der Waals surface area contributed by atoms with E-state index >= 15 is 0 Å². The number of methoxy groups -OCH3 is 1. The van der Waals surface area contributed by atoms with E-state index in [4.69, 9.17) is 0 Å². The molecule has 3 atom stereocenters. The summed E-state index contributed by atoms with van der Waals surface area (Å²) in [4.78, 5) is 24.8. The minimum absolute atomic E-state index is 0.00907. The second-order valence-electron chi connectivity index (χ2n) is 5.38. The molecule has 0 aromatic rings. The van der Waals surface area contributed by atoms with E-state index in [0.29, 0.717) is 12.0 Å². The van der Waals surface area contributed by atoms with Crippen molar-refractivity contribution in [2.24, 2.45) is 5.92 Å². The largest absolute Gasteiger partial charge is 0.468 e. The summed E-state index contributed by atoms with van der Waals surface area (Å²) >= 11 is 0. The fraction of sp³-hybridized carbons (Fsp3) is 0.846. The maximum absolute atomic E-state index is 12.2. The van der Waals surface area contributed by atoms with Crippen LogP contribution >= 0.6 is 0 Å². The lowest BCUT2D eigenvalue weighted by Crippen LogP contribution is -2.45. The van der Waals surface area contributed by atoms with Crippen molar-refractivity contribution in [3.8, 4) is 0 Å². The number of hydrogen-bond donors (Lipinski definition) is 1. The van der Waals surface area contributed by atoms with Gasteiger partial charge in [-0.2, -0.15) is 0 Å². The zero-order valence-electron chi connectivity index (χ0n) is 11.1. The molecule has 1 aliphatic carbocycles. The molecule has 102 valence electrons. The molecule has 2 rings (SSSR count). The van der Waals surface area contributed by atoms with Crippen molar-refractivity contribution >= 4 is 11.9 Å². The lowest BCUT2D eigenvalue weighted by Gasteiger charge is -2.24. The second kappa shape index (κ2) is 5.69. The highest BCUT2D eigenvalue weighted by Crippen LogP contribution is 2.33. The Balaban J connectivity index is 1.88. The fourth-order valence-corrected chi connectivity index (χ4v) is 3.11. The van der Waals surface area contributed by atoms with Gasteiger partial charge in [0, 0.05) is 13.1 Å². The number of ether oxygens (including phenoxy) is 1. The highest BCUT2D eigenvalue weighted by molar-refractivity contribution is 5.85. The van der Waals surface area contributed by atoms with Crippen LogP contribution in [-0.2, 0) is 14.3 Å². The molecule has 5 nitrogen and oxygen atoms in total. The number of likely N-dealkylation sites (N-methyl/N-ethyl adjacent to an activating group) is 1. The van der Waals surface area contributed by atoms with Gasteiger partial charge in [-0.3, -0.25) is 9.59 Å². The maximum Gasteiger partial charge on any atom is 0.325 e. The van der Waals surface area contributed by atoms with Crippen LogP contribution in [0.25, 0.3) is 0 Å². The van der Waals surface area contributed by atoms with E-state index in [1.54, 1.807) is 7.05 Å². The maximum atomic E-state index is 12.2. The third kappa shape index (κ3) is 2.83. The van der Waals surface area contributed by atoms with Gasteiger partial charge in [0.05, 0.1) is 13.2 Å². The molecule has 2 fully saturated rings. The summed E-state index contributed by atoms with van der Waals surface area (Å²) in [6, 6.07) is 0.381. The Hall–Kier alpha value is -1.10. The van der Waals surface area contributed by atoms with Gasteiger partial charge in [0.15, 0.2) is 0 Å². The molecule has 1 saturated carbocycles. The highest BCUT2D eigenvalue weighted by atomic mass is 16.5. The van der Waals surface area contributed by atoms with Gasteiger partial charge < -0.3 is 15.0 Å². The van der Waals surface area contributed by atoms with Crippen LogP contribution in [0.5, 0.6) is 0 Å². The van der Waals surface area contributed by atoms with E-state index in [1.165, 1.54) is 37.7 Å². The summed E-state index contributed by atoms with van der Waals surface area (Å²) in [7, 11) is 2.99. The zero-order chi connectivity index (χ0) is 13.1. The number of esters is 1. The normalized spacial score (nSPS) is 30.7. The van der Waals surface area contributed by atoms with Gasteiger partial charge >= 0.3 is 5.97 Å². The number of hydrogen-bond acceptors (Lipinski definition) is 4. The molecule has 0 radical (unpaired) electrons. The predicted octanol–water partition coefficient (Wildman–Crippen LogP) is 0.538. The van der Waals surface area contributed by atoms with E-state index in [0.717, 1.165) is 6.42 Å². The van der Waals surface area contributed by atoms with Crippen molar-refractivity contribution in [3.05, 3.63) is 0 Å². The number of amides is 1. The Morgan fingerprint density at radius 1 is 1.33 bits per heavy atom. The number of carbonyl (C=O) groups is 2. The Morgan fingerprint density at radius 2 is 2.06 bits per heavy atom. The van der Waals surface area contributed by atoms with Crippen LogP contribution < -0.4 is 5.32 Å². The molecule has 1 saturated heterocycles. The molecule has 5 heteroatoms. The lowest BCUT2D eigenvalue weighted by molar-refractivity contribution is -0.146. The Labute approximate surface area is 108 Å². The van der Waals surface area contributed by atoms with E-state index in [2.05, 4.69) is 10.1 Å². The van der Waals surface area contributed by atoms with Crippen LogP contribution in [0.15, 0.2) is 0 Å².